The van der Waals surface area contributed by atoms with E-state index in [-0.39, 0.29) is 28.9 Å². The van der Waals surface area contributed by atoms with E-state index in [0.29, 0.717) is 44.5 Å². The number of anilines is 1. The van der Waals surface area contributed by atoms with Gasteiger partial charge in [0.1, 0.15) is 0 Å². The average molecular weight is 609 g/mol. The quantitative estimate of drug-likeness (QED) is 0.430. The number of sulfonamides is 1. The molecule has 1 amide bonds. The van der Waals surface area contributed by atoms with Crippen LogP contribution in [0, 0.1) is 22.7 Å². The Morgan fingerprint density at radius 2 is 2.00 bits per heavy atom. The van der Waals surface area contributed by atoms with E-state index in [2.05, 4.69) is 20.9 Å². The Morgan fingerprint density at radius 1 is 1.23 bits per heavy atom. The third kappa shape index (κ3) is 6.26. The number of hydrogen-bond acceptors (Lipinski definition) is 7. The number of imidazole rings is 2. The molecule has 2 aliphatic heterocycles. The molecule has 0 radical (unpaired) electrons. The number of benzene rings is 1. The summed E-state index contributed by atoms with van der Waals surface area (Å²) in [5.74, 6) is -0.0457. The van der Waals surface area contributed by atoms with Gasteiger partial charge in [0.05, 0.1) is 36.5 Å². The molecule has 1 N–H and O–H groups in total. The predicted octanol–water partition coefficient (Wildman–Crippen LogP) is 3.45. The van der Waals surface area contributed by atoms with Crippen molar-refractivity contribution >= 4 is 21.8 Å². The van der Waals surface area contributed by atoms with Crippen molar-refractivity contribution in [2.45, 2.75) is 63.7 Å². The zero-order valence-corrected chi connectivity index (χ0v) is 26.2. The van der Waals surface area contributed by atoms with E-state index < -0.39 is 22.2 Å². The molecule has 2 aromatic heterocycles. The second kappa shape index (κ2) is 11.7. The number of fused-ring (bicyclic) bond motifs is 1. The molecule has 0 spiro atoms. The van der Waals surface area contributed by atoms with Gasteiger partial charge in [-0.1, -0.05) is 20.8 Å². The van der Waals surface area contributed by atoms with Gasteiger partial charge < -0.3 is 24.0 Å². The summed E-state index contributed by atoms with van der Waals surface area (Å²) in [6.45, 7) is 7.64. The van der Waals surface area contributed by atoms with Crippen LogP contribution in [0.3, 0.4) is 0 Å². The number of rotatable bonds is 7. The maximum atomic E-state index is 14.3. The fourth-order valence-corrected chi connectivity index (χ4v) is 8.13. The molecular weight excluding hydrogens is 568 g/mol. The normalized spacial score (nSPS) is 21.1. The van der Waals surface area contributed by atoms with Crippen LogP contribution in [0.4, 0.5) is 10.5 Å². The number of aryl methyl sites for hydroxylation is 2. The molecular formula is C30H40N8O4S. The van der Waals surface area contributed by atoms with Gasteiger partial charge in [-0.2, -0.15) is 9.57 Å². The lowest BCUT2D eigenvalue weighted by Crippen LogP contribution is -2.55. The van der Waals surface area contributed by atoms with Gasteiger partial charge in [0.25, 0.3) is 10.0 Å². The van der Waals surface area contributed by atoms with Gasteiger partial charge in [0.15, 0.2) is 5.03 Å². The Hall–Kier alpha value is -3.89. The Balaban J connectivity index is 1.53. The monoisotopic (exact) mass is 608 g/mol. The van der Waals surface area contributed by atoms with Gasteiger partial charge in [-0.3, -0.25) is 0 Å². The topological polar surface area (TPSA) is 141 Å². The molecule has 13 heteroatoms. The largest absolute Gasteiger partial charge is 0.465 e. The van der Waals surface area contributed by atoms with Crippen molar-refractivity contribution in [2.24, 2.45) is 25.4 Å². The van der Waals surface area contributed by atoms with Crippen LogP contribution >= 0.6 is 0 Å². The highest BCUT2D eigenvalue weighted by Crippen LogP contribution is 2.38. The average Bonchev–Trinajstić information content (AvgIpc) is 3.58. The lowest BCUT2D eigenvalue weighted by Gasteiger charge is -2.46. The highest BCUT2D eigenvalue weighted by Gasteiger charge is 2.43. The van der Waals surface area contributed by atoms with E-state index in [9.17, 15) is 23.6 Å². The number of amides is 1. The standard InChI is InChI=1S/C30H40N8O4S/c1-30(2,3)27-11-22(8-9-37(27)29(39)40)15-38(43(41,42)28-18-34(4)20-33-28)24-12-23-10-21(13-31)6-7-26(23)36(16-24)17-25-14-32-19-35(25)5/h6-7,10,14,18-20,22,24,27H,8-9,11-12,15-17H2,1-5H3,(H,39,40). The minimum absolute atomic E-state index is 0.0138. The van der Waals surface area contributed by atoms with Crippen LogP contribution in [0.15, 0.2) is 48.3 Å². The van der Waals surface area contributed by atoms with Crippen LogP contribution in [0.25, 0.3) is 0 Å². The highest BCUT2D eigenvalue weighted by molar-refractivity contribution is 7.89. The van der Waals surface area contributed by atoms with E-state index in [4.69, 9.17) is 0 Å². The van der Waals surface area contributed by atoms with Gasteiger partial charge in [-0.05, 0) is 54.4 Å². The molecule has 0 aliphatic carbocycles. The Kier molecular flexibility index (Phi) is 8.28. The molecule has 5 rings (SSSR count). The summed E-state index contributed by atoms with van der Waals surface area (Å²) in [5, 5.41) is 19.5. The van der Waals surface area contributed by atoms with E-state index in [1.165, 1.54) is 17.4 Å². The SMILES string of the molecule is Cn1cnc(S(=O)(=O)N(CC2CCN(C(=O)O)C(C(C)(C)C)C2)C2Cc3cc(C#N)ccc3N(Cc3cncn3C)C2)c1. The van der Waals surface area contributed by atoms with Gasteiger partial charge in [0.2, 0.25) is 0 Å². The molecule has 1 fully saturated rings. The Morgan fingerprint density at radius 3 is 2.60 bits per heavy atom. The maximum Gasteiger partial charge on any atom is 0.407 e. The highest BCUT2D eigenvalue weighted by atomic mass is 32.2. The molecule has 4 heterocycles. The maximum absolute atomic E-state index is 14.3. The number of carboxylic acid groups (broad SMARTS) is 1. The summed E-state index contributed by atoms with van der Waals surface area (Å²) >= 11 is 0. The van der Waals surface area contributed by atoms with Gasteiger partial charge in [-0.15, -0.1) is 0 Å². The first kappa shape index (κ1) is 30.6. The van der Waals surface area contributed by atoms with Crippen molar-refractivity contribution < 1.29 is 18.3 Å². The lowest BCUT2D eigenvalue weighted by molar-refractivity contribution is 0.0354. The predicted molar refractivity (Wildman–Crippen MR) is 161 cm³/mol. The smallest absolute Gasteiger partial charge is 0.407 e. The summed E-state index contributed by atoms with van der Waals surface area (Å²) in [7, 11) is -0.347. The lowest BCUT2D eigenvalue weighted by atomic mass is 9.77. The van der Waals surface area contributed by atoms with Crippen LogP contribution in [-0.2, 0) is 37.1 Å². The zero-order valence-electron chi connectivity index (χ0n) is 25.4. The van der Waals surface area contributed by atoms with Crippen molar-refractivity contribution in [3.05, 3.63) is 60.1 Å². The van der Waals surface area contributed by atoms with Crippen LogP contribution in [0.1, 0.15) is 50.4 Å². The van der Waals surface area contributed by atoms with Crippen LogP contribution in [-0.4, -0.2) is 79.6 Å². The Labute approximate surface area is 253 Å². The molecule has 1 aromatic carbocycles. The first-order valence-electron chi connectivity index (χ1n) is 14.5. The summed E-state index contributed by atoms with van der Waals surface area (Å²) in [4.78, 5) is 24.2. The zero-order chi connectivity index (χ0) is 31.1. The first-order valence-corrected chi connectivity index (χ1v) is 15.9. The summed E-state index contributed by atoms with van der Waals surface area (Å²) in [6, 6.07) is 7.12. The first-order chi connectivity index (χ1) is 20.3. The summed E-state index contributed by atoms with van der Waals surface area (Å²) in [6.07, 6.45) is 7.16. The number of likely N-dealkylation sites (tertiary alicyclic amines) is 1. The fourth-order valence-electron chi connectivity index (χ4n) is 6.47. The third-order valence-corrected chi connectivity index (χ3v) is 10.6. The molecule has 2 aliphatic rings. The number of piperidine rings is 1. The number of nitrogens with zero attached hydrogens (tertiary/aromatic N) is 8. The fraction of sp³-hybridized carbons (Fsp3) is 0.533. The van der Waals surface area contributed by atoms with E-state index >= 15 is 0 Å². The number of nitriles is 1. The van der Waals surface area contributed by atoms with E-state index in [1.807, 2.05) is 44.5 Å². The molecule has 1 saturated heterocycles. The van der Waals surface area contributed by atoms with Crippen LogP contribution in [0.2, 0.25) is 0 Å². The molecule has 3 atom stereocenters. The van der Waals surface area contributed by atoms with Crippen molar-refractivity contribution in [3.63, 3.8) is 0 Å². The van der Waals surface area contributed by atoms with E-state index in [1.54, 1.807) is 34.5 Å². The summed E-state index contributed by atoms with van der Waals surface area (Å²) in [5.41, 5.74) is 3.07. The van der Waals surface area contributed by atoms with Crippen molar-refractivity contribution in [1.29, 1.82) is 5.26 Å². The van der Waals surface area contributed by atoms with E-state index in [0.717, 1.165) is 16.9 Å². The number of hydrogen-bond donors (Lipinski definition) is 1. The molecule has 12 nitrogen and oxygen atoms in total. The molecule has 230 valence electrons. The number of carbonyl (C=O) groups is 1. The summed E-state index contributed by atoms with van der Waals surface area (Å²) < 4.78 is 33.8. The second-order valence-electron chi connectivity index (χ2n) is 12.9. The van der Waals surface area contributed by atoms with Gasteiger partial charge in [0, 0.05) is 63.9 Å². The van der Waals surface area contributed by atoms with Crippen LogP contribution in [0.5, 0.6) is 0 Å². The second-order valence-corrected chi connectivity index (χ2v) is 14.7. The minimum Gasteiger partial charge on any atom is -0.465 e. The van der Waals surface area contributed by atoms with Crippen molar-refractivity contribution in [1.82, 2.24) is 28.3 Å². The van der Waals surface area contributed by atoms with Crippen molar-refractivity contribution in [3.8, 4) is 6.07 Å². The van der Waals surface area contributed by atoms with Gasteiger partial charge >= 0.3 is 6.09 Å². The van der Waals surface area contributed by atoms with Gasteiger partial charge in [-0.25, -0.2) is 23.2 Å². The number of aromatic nitrogens is 4. The molecule has 43 heavy (non-hydrogen) atoms. The van der Waals surface area contributed by atoms with Crippen molar-refractivity contribution in [2.75, 3.05) is 24.5 Å². The molecule has 0 bridgehead atoms. The molecule has 3 aromatic rings. The molecule has 3 unspecified atom stereocenters. The third-order valence-electron chi connectivity index (χ3n) is 8.76. The van der Waals surface area contributed by atoms with Crippen LogP contribution < -0.4 is 4.90 Å². The molecule has 0 saturated carbocycles. The minimum atomic E-state index is -4.01. The Bertz CT molecular complexity index is 1630.